The summed E-state index contributed by atoms with van der Waals surface area (Å²) < 4.78 is 0. The molecule has 134 valence electrons. The van der Waals surface area contributed by atoms with Crippen molar-refractivity contribution in [3.63, 3.8) is 0 Å². The van der Waals surface area contributed by atoms with Crippen molar-refractivity contribution in [3.05, 3.63) is 53.6 Å². The second-order valence-electron chi connectivity index (χ2n) is 7.10. The molecule has 2 N–H and O–H groups in total. The first-order valence-corrected chi connectivity index (χ1v) is 9.96. The topological polar surface area (TPSA) is 58.2 Å². The van der Waals surface area contributed by atoms with Crippen molar-refractivity contribution in [1.29, 1.82) is 0 Å². The molecule has 1 aliphatic heterocycles. The van der Waals surface area contributed by atoms with E-state index in [4.69, 9.17) is 0 Å². The molecule has 1 fully saturated rings. The lowest BCUT2D eigenvalue weighted by atomic mass is 9.86. The van der Waals surface area contributed by atoms with E-state index < -0.39 is 0 Å². The van der Waals surface area contributed by atoms with E-state index in [9.17, 15) is 9.59 Å². The molecule has 1 heterocycles. The second kappa shape index (κ2) is 7.16. The summed E-state index contributed by atoms with van der Waals surface area (Å²) in [5.74, 6) is 0.316. The summed E-state index contributed by atoms with van der Waals surface area (Å²) >= 11 is 1.55. The molecule has 4 nitrogen and oxygen atoms in total. The van der Waals surface area contributed by atoms with Gasteiger partial charge in [0.05, 0.1) is 11.3 Å². The van der Waals surface area contributed by atoms with Crippen LogP contribution in [0.25, 0.3) is 0 Å². The van der Waals surface area contributed by atoms with Crippen molar-refractivity contribution in [1.82, 2.24) is 5.32 Å². The van der Waals surface area contributed by atoms with Crippen molar-refractivity contribution in [2.45, 2.75) is 48.4 Å². The van der Waals surface area contributed by atoms with Crippen molar-refractivity contribution in [3.8, 4) is 0 Å². The lowest BCUT2D eigenvalue weighted by Crippen LogP contribution is -2.41. The van der Waals surface area contributed by atoms with E-state index >= 15 is 0 Å². The molecule has 2 atom stereocenters. The molecule has 0 radical (unpaired) electrons. The Labute approximate surface area is 157 Å². The minimum atomic E-state index is -0.134. The van der Waals surface area contributed by atoms with Gasteiger partial charge in [-0.15, -0.1) is 0 Å². The predicted molar refractivity (Wildman–Crippen MR) is 104 cm³/mol. The third kappa shape index (κ3) is 3.36. The highest BCUT2D eigenvalue weighted by atomic mass is 32.2. The van der Waals surface area contributed by atoms with E-state index in [0.717, 1.165) is 16.2 Å². The number of carbonyl (C=O) groups excluding carboxylic acids is 2. The van der Waals surface area contributed by atoms with Crippen LogP contribution in [0.15, 0.2) is 52.3 Å². The Balaban J connectivity index is 1.57. The summed E-state index contributed by atoms with van der Waals surface area (Å²) in [6.45, 7) is 2.20. The lowest BCUT2D eigenvalue weighted by Gasteiger charge is -2.29. The molecule has 0 spiro atoms. The van der Waals surface area contributed by atoms with Gasteiger partial charge in [0.2, 0.25) is 0 Å². The fourth-order valence-corrected chi connectivity index (χ4v) is 4.70. The number of benzene rings is 2. The molecule has 2 aromatic carbocycles. The Morgan fingerprint density at radius 1 is 1.12 bits per heavy atom. The van der Waals surface area contributed by atoms with E-state index in [1.807, 2.05) is 36.4 Å². The average molecular weight is 366 g/mol. The third-order valence-electron chi connectivity index (χ3n) is 5.27. The van der Waals surface area contributed by atoms with Gasteiger partial charge in [-0.25, -0.2) is 0 Å². The minimum Gasteiger partial charge on any atom is -0.349 e. The van der Waals surface area contributed by atoms with Crippen LogP contribution in [-0.2, 0) is 0 Å². The monoisotopic (exact) mass is 366 g/mol. The zero-order chi connectivity index (χ0) is 18.1. The highest BCUT2D eigenvalue weighted by Crippen LogP contribution is 2.39. The number of hydrogen-bond donors (Lipinski definition) is 2. The molecule has 2 amide bonds. The number of carbonyl (C=O) groups is 2. The summed E-state index contributed by atoms with van der Waals surface area (Å²) in [6, 6.07) is 13.3. The van der Waals surface area contributed by atoms with Gasteiger partial charge in [0.1, 0.15) is 0 Å². The summed E-state index contributed by atoms with van der Waals surface area (Å²) in [4.78, 5) is 27.1. The largest absolute Gasteiger partial charge is 0.349 e. The van der Waals surface area contributed by atoms with Crippen LogP contribution in [0.4, 0.5) is 5.69 Å². The van der Waals surface area contributed by atoms with Crippen LogP contribution in [-0.4, -0.2) is 17.9 Å². The molecule has 0 saturated heterocycles. The van der Waals surface area contributed by atoms with Crippen LogP contribution in [0, 0.1) is 5.92 Å². The van der Waals surface area contributed by atoms with Gasteiger partial charge >= 0.3 is 0 Å². The predicted octanol–water partition coefficient (Wildman–Crippen LogP) is 4.71. The Morgan fingerprint density at radius 3 is 2.77 bits per heavy atom. The molecular formula is C21H22N2O2S. The normalized spacial score (nSPS) is 21.8. The van der Waals surface area contributed by atoms with Crippen LogP contribution < -0.4 is 10.6 Å². The van der Waals surface area contributed by atoms with Gasteiger partial charge < -0.3 is 10.6 Å². The van der Waals surface area contributed by atoms with Crippen LogP contribution in [0.3, 0.4) is 0 Å². The van der Waals surface area contributed by atoms with Crippen LogP contribution in [0.5, 0.6) is 0 Å². The lowest BCUT2D eigenvalue weighted by molar-refractivity contribution is 0.0909. The number of rotatable bonds is 2. The van der Waals surface area contributed by atoms with E-state index in [-0.39, 0.29) is 17.9 Å². The molecule has 2 aliphatic rings. The number of anilines is 1. The highest BCUT2D eigenvalue weighted by Gasteiger charge is 2.24. The van der Waals surface area contributed by atoms with E-state index in [2.05, 4.69) is 17.6 Å². The van der Waals surface area contributed by atoms with Gasteiger partial charge in [0.15, 0.2) is 0 Å². The van der Waals surface area contributed by atoms with E-state index in [1.165, 1.54) is 19.3 Å². The first-order chi connectivity index (χ1) is 12.6. The molecule has 2 aromatic rings. The fraction of sp³-hybridized carbons (Fsp3) is 0.333. The average Bonchev–Trinajstić information content (AvgIpc) is 2.79. The summed E-state index contributed by atoms with van der Waals surface area (Å²) in [5, 5.41) is 6.12. The smallest absolute Gasteiger partial charge is 0.256 e. The van der Waals surface area contributed by atoms with Crippen LogP contribution >= 0.6 is 11.8 Å². The maximum absolute atomic E-state index is 12.7. The number of fused-ring (bicyclic) bond motifs is 2. The van der Waals surface area contributed by atoms with Gasteiger partial charge in [0.25, 0.3) is 11.8 Å². The maximum Gasteiger partial charge on any atom is 0.256 e. The maximum atomic E-state index is 12.7. The van der Waals surface area contributed by atoms with Gasteiger partial charge in [-0.1, -0.05) is 43.7 Å². The fourth-order valence-electron chi connectivity index (χ4n) is 3.69. The van der Waals surface area contributed by atoms with Crippen LogP contribution in [0.1, 0.15) is 53.3 Å². The van der Waals surface area contributed by atoms with E-state index in [0.29, 0.717) is 22.7 Å². The quantitative estimate of drug-likeness (QED) is 0.809. The van der Waals surface area contributed by atoms with E-state index in [1.54, 1.807) is 17.8 Å². The number of amides is 2. The Bertz CT molecular complexity index is 865. The van der Waals surface area contributed by atoms with Gasteiger partial charge in [-0.2, -0.15) is 0 Å². The van der Waals surface area contributed by atoms with Crippen LogP contribution in [0.2, 0.25) is 0 Å². The summed E-state index contributed by atoms with van der Waals surface area (Å²) in [5.41, 5.74) is 1.95. The zero-order valence-corrected chi connectivity index (χ0v) is 15.6. The van der Waals surface area contributed by atoms with Crippen molar-refractivity contribution in [2.75, 3.05) is 5.32 Å². The number of nitrogens with one attached hydrogen (secondary N) is 2. The van der Waals surface area contributed by atoms with Crippen molar-refractivity contribution < 1.29 is 9.59 Å². The standard InChI is InChI=1S/C21H22N2O2S/c1-13-6-2-4-8-16(13)22-20(24)14-10-11-19-17(12-14)23-21(25)15-7-3-5-9-18(15)26-19/h3,5,7,9-13,16H,2,4,6,8H2,1H3,(H,22,24)(H,23,25)/t13-,16+/m1/s1. The summed E-state index contributed by atoms with van der Waals surface area (Å²) in [7, 11) is 0. The SMILES string of the molecule is C[C@@H]1CCCC[C@@H]1NC(=O)c1ccc2c(c1)NC(=O)c1ccccc1S2. The first-order valence-electron chi connectivity index (χ1n) is 9.15. The van der Waals surface area contributed by atoms with Crippen molar-refractivity contribution >= 4 is 29.3 Å². The highest BCUT2D eigenvalue weighted by molar-refractivity contribution is 7.99. The second-order valence-corrected chi connectivity index (χ2v) is 8.19. The molecule has 0 aromatic heterocycles. The molecule has 5 heteroatoms. The summed E-state index contributed by atoms with van der Waals surface area (Å²) in [6.07, 6.45) is 4.63. The first kappa shape index (κ1) is 17.2. The molecule has 26 heavy (non-hydrogen) atoms. The Morgan fingerprint density at radius 2 is 1.92 bits per heavy atom. The van der Waals surface area contributed by atoms with Gasteiger partial charge in [-0.05, 0) is 49.1 Å². The molecule has 0 unspecified atom stereocenters. The zero-order valence-electron chi connectivity index (χ0n) is 14.7. The molecule has 1 saturated carbocycles. The molecular weight excluding hydrogens is 344 g/mol. The van der Waals surface area contributed by atoms with Gasteiger partial charge in [-0.3, -0.25) is 9.59 Å². The molecule has 0 bridgehead atoms. The van der Waals surface area contributed by atoms with Gasteiger partial charge in [0, 0.05) is 21.4 Å². The number of hydrogen-bond acceptors (Lipinski definition) is 3. The Hall–Kier alpha value is -2.27. The Kier molecular flexibility index (Phi) is 4.72. The molecule has 4 rings (SSSR count). The molecule has 1 aliphatic carbocycles. The minimum absolute atomic E-state index is 0.0624. The van der Waals surface area contributed by atoms with Crippen molar-refractivity contribution in [2.24, 2.45) is 5.92 Å². The third-order valence-corrected chi connectivity index (χ3v) is 6.42.